The zero-order chi connectivity index (χ0) is 21.8. The summed E-state index contributed by atoms with van der Waals surface area (Å²) in [6.07, 6.45) is 0. The van der Waals surface area contributed by atoms with Crippen molar-refractivity contribution in [1.82, 2.24) is 5.32 Å². The summed E-state index contributed by atoms with van der Waals surface area (Å²) < 4.78 is 37.8. The van der Waals surface area contributed by atoms with Crippen LogP contribution in [0, 0.1) is 0 Å². The predicted molar refractivity (Wildman–Crippen MR) is 109 cm³/mol. The highest BCUT2D eigenvalue weighted by Gasteiger charge is 2.22. The van der Waals surface area contributed by atoms with Crippen molar-refractivity contribution in [2.75, 3.05) is 18.9 Å². The first-order valence-corrected chi connectivity index (χ1v) is 10.3. The molecule has 2 N–H and O–H groups in total. The van der Waals surface area contributed by atoms with Gasteiger partial charge in [0.15, 0.2) is 0 Å². The molecule has 2 rings (SSSR count). The summed E-state index contributed by atoms with van der Waals surface area (Å²) in [5.41, 5.74) is 0.193. The van der Waals surface area contributed by atoms with Crippen LogP contribution in [0.15, 0.2) is 41.3 Å². The molecule has 0 aromatic heterocycles. The molecule has 0 fully saturated rings. The standard InChI is InChI=1S/C19H21ClN2O6S/c1-11(2)21-18(23)14-10-13(6-8-17(14)27-3)29(25,26)22-16-9-12(19(24)28-4)5-7-15(16)20/h5-11,22H,1-4H3,(H,21,23). The number of benzene rings is 2. The molecule has 2 aromatic rings. The lowest BCUT2D eigenvalue weighted by molar-refractivity contribution is 0.0600. The van der Waals surface area contributed by atoms with Crippen molar-refractivity contribution >= 4 is 39.2 Å². The monoisotopic (exact) mass is 440 g/mol. The van der Waals surface area contributed by atoms with E-state index in [0.29, 0.717) is 0 Å². The number of esters is 1. The van der Waals surface area contributed by atoms with E-state index < -0.39 is 21.9 Å². The summed E-state index contributed by atoms with van der Waals surface area (Å²) >= 11 is 6.06. The third kappa shape index (κ3) is 5.39. The van der Waals surface area contributed by atoms with Gasteiger partial charge in [-0.3, -0.25) is 9.52 Å². The maximum atomic E-state index is 12.8. The minimum Gasteiger partial charge on any atom is -0.496 e. The fourth-order valence-electron chi connectivity index (χ4n) is 2.42. The van der Waals surface area contributed by atoms with Crippen molar-refractivity contribution in [2.45, 2.75) is 24.8 Å². The minimum atomic E-state index is -4.12. The van der Waals surface area contributed by atoms with E-state index in [1.54, 1.807) is 13.8 Å². The molecule has 1 amide bonds. The molecule has 0 spiro atoms. The molecular weight excluding hydrogens is 420 g/mol. The Balaban J connectivity index is 2.44. The Kier molecular flexibility index (Phi) is 7.10. The number of hydrogen-bond acceptors (Lipinski definition) is 6. The third-order valence-electron chi connectivity index (χ3n) is 3.78. The van der Waals surface area contributed by atoms with Crippen molar-refractivity contribution in [2.24, 2.45) is 0 Å². The Morgan fingerprint density at radius 2 is 1.76 bits per heavy atom. The van der Waals surface area contributed by atoms with Gasteiger partial charge in [0.25, 0.3) is 15.9 Å². The number of sulfonamides is 1. The average molecular weight is 441 g/mol. The van der Waals surface area contributed by atoms with Crippen LogP contribution in [0.5, 0.6) is 5.75 Å². The Bertz CT molecular complexity index is 1040. The van der Waals surface area contributed by atoms with Crippen LogP contribution in [0.2, 0.25) is 5.02 Å². The number of carbonyl (C=O) groups excluding carboxylic acids is 2. The van der Waals surface area contributed by atoms with Crippen molar-refractivity contribution in [3.8, 4) is 5.75 Å². The molecule has 29 heavy (non-hydrogen) atoms. The van der Waals surface area contributed by atoms with Crippen LogP contribution in [0.3, 0.4) is 0 Å². The van der Waals surface area contributed by atoms with Crippen LogP contribution in [-0.2, 0) is 14.8 Å². The van der Waals surface area contributed by atoms with E-state index in [1.807, 2.05) is 0 Å². The predicted octanol–water partition coefficient (Wildman–Crippen LogP) is 3.07. The van der Waals surface area contributed by atoms with Crippen molar-refractivity contribution in [3.05, 3.63) is 52.5 Å². The van der Waals surface area contributed by atoms with Gasteiger partial charge in [-0.25, -0.2) is 13.2 Å². The van der Waals surface area contributed by atoms with Crippen molar-refractivity contribution in [1.29, 1.82) is 0 Å². The molecule has 156 valence electrons. The lowest BCUT2D eigenvalue weighted by Gasteiger charge is -2.14. The second-order valence-corrected chi connectivity index (χ2v) is 8.37. The van der Waals surface area contributed by atoms with E-state index in [4.69, 9.17) is 16.3 Å². The molecular formula is C19H21ClN2O6S. The summed E-state index contributed by atoms with van der Waals surface area (Å²) in [6.45, 7) is 3.56. The molecule has 0 bridgehead atoms. The first kappa shape index (κ1) is 22.5. The summed E-state index contributed by atoms with van der Waals surface area (Å²) in [7, 11) is -1.53. The molecule has 0 aliphatic rings. The molecule has 0 radical (unpaired) electrons. The number of amides is 1. The van der Waals surface area contributed by atoms with Gasteiger partial charge in [-0.15, -0.1) is 0 Å². The SMILES string of the molecule is COC(=O)c1ccc(Cl)c(NS(=O)(=O)c2ccc(OC)c(C(=O)NC(C)C)c2)c1. The maximum Gasteiger partial charge on any atom is 0.337 e. The Morgan fingerprint density at radius 1 is 1.07 bits per heavy atom. The summed E-state index contributed by atoms with van der Waals surface area (Å²) in [5, 5.41) is 2.78. The van der Waals surface area contributed by atoms with Gasteiger partial charge in [0.1, 0.15) is 5.75 Å². The average Bonchev–Trinajstić information content (AvgIpc) is 2.67. The van der Waals surface area contributed by atoms with Gasteiger partial charge in [0.05, 0.1) is 41.0 Å². The van der Waals surface area contributed by atoms with E-state index >= 15 is 0 Å². The van der Waals surface area contributed by atoms with Gasteiger partial charge in [-0.1, -0.05) is 11.6 Å². The van der Waals surface area contributed by atoms with Crippen molar-refractivity contribution in [3.63, 3.8) is 0 Å². The zero-order valence-electron chi connectivity index (χ0n) is 16.3. The summed E-state index contributed by atoms with van der Waals surface area (Å²) in [4.78, 5) is 23.9. The minimum absolute atomic E-state index is 0.00133. The Labute approximate surface area is 174 Å². The van der Waals surface area contributed by atoms with Gasteiger partial charge in [0, 0.05) is 6.04 Å². The molecule has 0 saturated carbocycles. The van der Waals surface area contributed by atoms with E-state index in [1.165, 1.54) is 50.6 Å². The van der Waals surface area contributed by atoms with E-state index in [0.717, 1.165) is 0 Å². The highest BCUT2D eigenvalue weighted by Crippen LogP contribution is 2.28. The summed E-state index contributed by atoms with van der Waals surface area (Å²) in [5.74, 6) is -0.883. The van der Waals surface area contributed by atoms with Gasteiger partial charge in [-0.2, -0.15) is 0 Å². The fourth-order valence-corrected chi connectivity index (χ4v) is 3.74. The normalized spacial score (nSPS) is 11.1. The summed E-state index contributed by atoms with van der Waals surface area (Å²) in [6, 6.07) is 7.79. The number of ether oxygens (including phenoxy) is 2. The van der Waals surface area contributed by atoms with Gasteiger partial charge < -0.3 is 14.8 Å². The van der Waals surface area contributed by atoms with Crippen LogP contribution in [-0.4, -0.2) is 40.6 Å². The Hall–Kier alpha value is -2.78. The maximum absolute atomic E-state index is 12.8. The van der Waals surface area contributed by atoms with Crippen LogP contribution in [0.25, 0.3) is 0 Å². The van der Waals surface area contributed by atoms with Gasteiger partial charge in [0.2, 0.25) is 0 Å². The number of halogens is 1. The molecule has 0 unspecified atom stereocenters. The quantitative estimate of drug-likeness (QED) is 0.640. The highest BCUT2D eigenvalue weighted by atomic mass is 35.5. The van der Waals surface area contributed by atoms with Gasteiger partial charge in [-0.05, 0) is 50.2 Å². The number of rotatable bonds is 7. The van der Waals surface area contributed by atoms with Crippen LogP contribution in [0.1, 0.15) is 34.6 Å². The molecule has 0 atom stereocenters. The second kappa shape index (κ2) is 9.15. The second-order valence-electron chi connectivity index (χ2n) is 6.28. The molecule has 0 saturated heterocycles. The first-order chi connectivity index (χ1) is 13.6. The van der Waals surface area contributed by atoms with E-state index in [-0.39, 0.29) is 38.5 Å². The molecule has 0 aliphatic carbocycles. The fraction of sp³-hybridized carbons (Fsp3) is 0.263. The Morgan fingerprint density at radius 3 is 2.34 bits per heavy atom. The highest BCUT2D eigenvalue weighted by molar-refractivity contribution is 7.92. The number of carbonyl (C=O) groups is 2. The number of nitrogens with one attached hydrogen (secondary N) is 2. The van der Waals surface area contributed by atoms with E-state index in [2.05, 4.69) is 14.8 Å². The van der Waals surface area contributed by atoms with Crippen LogP contribution < -0.4 is 14.8 Å². The molecule has 2 aromatic carbocycles. The number of anilines is 1. The third-order valence-corrected chi connectivity index (χ3v) is 5.47. The smallest absolute Gasteiger partial charge is 0.337 e. The lowest BCUT2D eigenvalue weighted by Crippen LogP contribution is -2.30. The zero-order valence-corrected chi connectivity index (χ0v) is 17.8. The number of methoxy groups -OCH3 is 2. The lowest BCUT2D eigenvalue weighted by atomic mass is 10.2. The van der Waals surface area contributed by atoms with Gasteiger partial charge >= 0.3 is 5.97 Å². The first-order valence-electron chi connectivity index (χ1n) is 8.48. The van der Waals surface area contributed by atoms with Crippen molar-refractivity contribution < 1.29 is 27.5 Å². The number of hydrogen-bond donors (Lipinski definition) is 2. The molecule has 0 heterocycles. The molecule has 10 heteroatoms. The van der Waals surface area contributed by atoms with Crippen LogP contribution >= 0.6 is 11.6 Å². The van der Waals surface area contributed by atoms with Crippen LogP contribution in [0.4, 0.5) is 5.69 Å². The topological polar surface area (TPSA) is 111 Å². The molecule has 8 nitrogen and oxygen atoms in total. The van der Waals surface area contributed by atoms with E-state index in [9.17, 15) is 18.0 Å². The molecule has 0 aliphatic heterocycles. The largest absolute Gasteiger partial charge is 0.496 e.